The van der Waals surface area contributed by atoms with Crippen molar-refractivity contribution in [2.45, 2.75) is 85.0 Å². The first-order valence-corrected chi connectivity index (χ1v) is 15.7. The molecule has 2 heterocycles. The maximum absolute atomic E-state index is 15.2. The van der Waals surface area contributed by atoms with Gasteiger partial charge in [0.05, 0.1) is 11.1 Å². The summed E-state index contributed by atoms with van der Waals surface area (Å²) in [4.78, 5) is 45.5. The van der Waals surface area contributed by atoms with Gasteiger partial charge in [-0.25, -0.2) is 9.18 Å². The third kappa shape index (κ3) is 10.3. The number of rotatable bonds is 13. The third-order valence-corrected chi connectivity index (χ3v) is 6.71. The third-order valence-electron chi connectivity index (χ3n) is 6.71. The van der Waals surface area contributed by atoms with Gasteiger partial charge < -0.3 is 33.9 Å². The van der Waals surface area contributed by atoms with Crippen LogP contribution in [0.25, 0.3) is 22.8 Å². The van der Waals surface area contributed by atoms with Crippen LogP contribution in [-0.2, 0) is 14.3 Å². The molecule has 49 heavy (non-hydrogen) atoms. The normalized spacial score (nSPS) is 12.4. The Kier molecular flexibility index (Phi) is 11.4. The molecule has 0 radical (unpaired) electrons. The number of amides is 2. The SMILES string of the molecule is CCC(Oc1ccc(-c2noc(C(C)C)n2)cc1)c1nc(-c2ccc(C(=O)NC(C)(C)COC(=O)CNC(=O)OC(C)(C)C)c(F)c2)no1. The van der Waals surface area contributed by atoms with Gasteiger partial charge in [0.2, 0.25) is 17.5 Å². The summed E-state index contributed by atoms with van der Waals surface area (Å²) in [5.41, 5.74) is -0.965. The Morgan fingerprint density at radius 1 is 0.898 bits per heavy atom. The fourth-order valence-electron chi connectivity index (χ4n) is 4.24. The summed E-state index contributed by atoms with van der Waals surface area (Å²) in [7, 11) is 0. The molecular formula is C34H41FN6O8. The number of ether oxygens (including phenoxy) is 3. The van der Waals surface area contributed by atoms with Crippen LogP contribution in [0.5, 0.6) is 5.75 Å². The predicted molar refractivity (Wildman–Crippen MR) is 174 cm³/mol. The van der Waals surface area contributed by atoms with Crippen LogP contribution in [0.4, 0.5) is 9.18 Å². The maximum Gasteiger partial charge on any atom is 0.408 e. The summed E-state index contributed by atoms with van der Waals surface area (Å²) >= 11 is 0. The number of alkyl carbamates (subject to hydrolysis) is 1. The van der Waals surface area contributed by atoms with Gasteiger partial charge >= 0.3 is 12.1 Å². The van der Waals surface area contributed by atoms with Crippen molar-refractivity contribution in [3.05, 3.63) is 65.6 Å². The van der Waals surface area contributed by atoms with Crippen molar-refractivity contribution in [2.75, 3.05) is 13.2 Å². The Morgan fingerprint density at radius 2 is 1.51 bits per heavy atom. The molecule has 0 aliphatic carbocycles. The number of nitrogens with zero attached hydrogens (tertiary/aromatic N) is 4. The molecule has 2 aromatic heterocycles. The Morgan fingerprint density at radius 3 is 2.10 bits per heavy atom. The van der Waals surface area contributed by atoms with Gasteiger partial charge in [0.1, 0.15) is 30.3 Å². The molecule has 4 aromatic rings. The average Bonchev–Trinajstić information content (AvgIpc) is 3.72. The van der Waals surface area contributed by atoms with E-state index in [0.29, 0.717) is 23.9 Å². The van der Waals surface area contributed by atoms with Crippen molar-refractivity contribution in [1.82, 2.24) is 30.9 Å². The highest BCUT2D eigenvalue weighted by Crippen LogP contribution is 2.28. The first kappa shape index (κ1) is 36.5. The lowest BCUT2D eigenvalue weighted by atomic mass is 10.0. The fourth-order valence-corrected chi connectivity index (χ4v) is 4.24. The Labute approximate surface area is 283 Å². The standard InChI is InChI=1S/C34H41FN6O8/c1-9-25(46-22-13-10-20(11-14-22)27-37-30(19(2)3)48-40-27)31-38-28(41-49-31)21-12-15-23(24(35)16-21)29(43)39-34(7,8)18-45-26(42)17-36-32(44)47-33(4,5)6/h10-16,19,25H,9,17-18H2,1-8H3,(H,36,44)(H,39,43). The number of esters is 1. The van der Waals surface area contributed by atoms with Crippen LogP contribution in [0, 0.1) is 5.82 Å². The number of hydrogen-bond donors (Lipinski definition) is 2. The molecule has 2 aromatic carbocycles. The minimum absolute atomic E-state index is 0.114. The lowest BCUT2D eigenvalue weighted by Crippen LogP contribution is -2.48. The number of benzene rings is 2. The number of halogens is 1. The quantitative estimate of drug-likeness (QED) is 0.154. The maximum atomic E-state index is 15.2. The van der Waals surface area contributed by atoms with Crippen molar-refractivity contribution in [3.8, 4) is 28.5 Å². The monoisotopic (exact) mass is 680 g/mol. The van der Waals surface area contributed by atoms with Gasteiger partial charge in [-0.3, -0.25) is 9.59 Å². The van der Waals surface area contributed by atoms with Crippen molar-refractivity contribution >= 4 is 18.0 Å². The summed E-state index contributed by atoms with van der Waals surface area (Å²) in [6.45, 7) is 13.5. The van der Waals surface area contributed by atoms with Crippen molar-refractivity contribution in [2.24, 2.45) is 0 Å². The van der Waals surface area contributed by atoms with Gasteiger partial charge in [-0.05, 0) is 77.4 Å². The first-order chi connectivity index (χ1) is 23.0. The van der Waals surface area contributed by atoms with E-state index in [4.69, 9.17) is 23.3 Å². The number of nitrogens with one attached hydrogen (secondary N) is 2. The molecule has 2 N–H and O–H groups in total. The molecule has 1 unspecified atom stereocenters. The van der Waals surface area contributed by atoms with Gasteiger partial charge in [0.25, 0.3) is 11.8 Å². The molecule has 0 aliphatic heterocycles. The highest BCUT2D eigenvalue weighted by atomic mass is 19.1. The van der Waals surface area contributed by atoms with Crippen molar-refractivity contribution in [1.29, 1.82) is 0 Å². The highest BCUT2D eigenvalue weighted by Gasteiger charge is 2.26. The second kappa shape index (κ2) is 15.3. The largest absolute Gasteiger partial charge is 0.481 e. The number of carbonyl (C=O) groups excluding carboxylic acids is 3. The Hall–Kier alpha value is -5.34. The molecule has 0 aliphatic rings. The number of hydrogen-bond acceptors (Lipinski definition) is 12. The molecule has 2 amide bonds. The van der Waals surface area contributed by atoms with Crippen LogP contribution in [-0.4, -0.2) is 62.5 Å². The molecule has 0 saturated carbocycles. The van der Waals surface area contributed by atoms with E-state index in [1.165, 1.54) is 12.1 Å². The fraction of sp³-hybridized carbons (Fsp3) is 0.441. The molecule has 4 rings (SSSR count). The molecule has 0 saturated heterocycles. The zero-order valence-corrected chi connectivity index (χ0v) is 28.8. The van der Waals surface area contributed by atoms with Crippen LogP contribution in [0.15, 0.2) is 51.5 Å². The molecule has 15 heteroatoms. The second-order valence-corrected chi connectivity index (χ2v) is 13.2. The summed E-state index contributed by atoms with van der Waals surface area (Å²) in [5.74, 6) is -0.262. The van der Waals surface area contributed by atoms with Crippen LogP contribution in [0.1, 0.15) is 96.0 Å². The molecule has 262 valence electrons. The van der Waals surface area contributed by atoms with Crippen LogP contribution < -0.4 is 15.4 Å². The van der Waals surface area contributed by atoms with Gasteiger partial charge in [0, 0.05) is 17.0 Å². The Balaban J connectivity index is 1.33. The number of carbonyl (C=O) groups is 3. The predicted octanol–water partition coefficient (Wildman–Crippen LogP) is 6.16. The topological polar surface area (TPSA) is 181 Å². The highest BCUT2D eigenvalue weighted by molar-refractivity contribution is 5.95. The van der Waals surface area contributed by atoms with E-state index >= 15 is 4.39 Å². The minimum atomic E-state index is -1.06. The van der Waals surface area contributed by atoms with Gasteiger partial charge in [0.15, 0.2) is 6.10 Å². The minimum Gasteiger partial charge on any atom is -0.481 e. The van der Waals surface area contributed by atoms with E-state index in [2.05, 4.69) is 30.9 Å². The van der Waals surface area contributed by atoms with Gasteiger partial charge in [-0.15, -0.1) is 0 Å². The molecular weight excluding hydrogens is 639 g/mol. The van der Waals surface area contributed by atoms with Gasteiger partial charge in [-0.1, -0.05) is 37.2 Å². The smallest absolute Gasteiger partial charge is 0.408 e. The summed E-state index contributed by atoms with van der Waals surface area (Å²) in [5, 5.41) is 12.9. The van der Waals surface area contributed by atoms with E-state index in [-0.39, 0.29) is 35.4 Å². The molecule has 14 nitrogen and oxygen atoms in total. The number of aromatic nitrogens is 4. The molecule has 1 atom stereocenters. The van der Waals surface area contributed by atoms with Crippen molar-refractivity contribution < 1.29 is 42.0 Å². The van der Waals surface area contributed by atoms with E-state index in [1.807, 2.05) is 32.9 Å². The van der Waals surface area contributed by atoms with Crippen LogP contribution in [0.3, 0.4) is 0 Å². The lowest BCUT2D eigenvalue weighted by molar-refractivity contribution is -0.144. The van der Waals surface area contributed by atoms with E-state index < -0.39 is 47.6 Å². The second-order valence-electron chi connectivity index (χ2n) is 13.2. The van der Waals surface area contributed by atoms with Crippen LogP contribution in [0.2, 0.25) is 0 Å². The van der Waals surface area contributed by atoms with Crippen molar-refractivity contribution in [3.63, 3.8) is 0 Å². The van der Waals surface area contributed by atoms with Crippen LogP contribution >= 0.6 is 0 Å². The van der Waals surface area contributed by atoms with E-state index in [9.17, 15) is 14.4 Å². The lowest BCUT2D eigenvalue weighted by Gasteiger charge is -2.26. The molecule has 0 fully saturated rings. The summed E-state index contributed by atoms with van der Waals surface area (Å²) in [6.07, 6.45) is -0.843. The zero-order chi connectivity index (χ0) is 35.9. The summed E-state index contributed by atoms with van der Waals surface area (Å²) in [6, 6.07) is 11.1. The molecule has 0 bridgehead atoms. The summed E-state index contributed by atoms with van der Waals surface area (Å²) < 4.78 is 42.2. The van der Waals surface area contributed by atoms with E-state index in [1.54, 1.807) is 46.8 Å². The van der Waals surface area contributed by atoms with E-state index in [0.717, 1.165) is 11.6 Å². The first-order valence-electron chi connectivity index (χ1n) is 15.7. The Bertz CT molecular complexity index is 1760. The molecule has 0 spiro atoms. The van der Waals surface area contributed by atoms with Gasteiger partial charge in [-0.2, -0.15) is 9.97 Å². The zero-order valence-electron chi connectivity index (χ0n) is 28.8. The average molecular weight is 681 g/mol.